The summed E-state index contributed by atoms with van der Waals surface area (Å²) in [6, 6.07) is 8.24. The minimum atomic E-state index is -0.481. The first-order valence-electron chi connectivity index (χ1n) is 7.88. The van der Waals surface area contributed by atoms with Gasteiger partial charge in [0.25, 0.3) is 0 Å². The van der Waals surface area contributed by atoms with E-state index in [9.17, 15) is 5.11 Å². The van der Waals surface area contributed by atoms with Gasteiger partial charge in [-0.1, -0.05) is 23.7 Å². The summed E-state index contributed by atoms with van der Waals surface area (Å²) in [4.78, 5) is 2.33. The molecule has 0 amide bonds. The van der Waals surface area contributed by atoms with Crippen molar-refractivity contribution in [2.24, 2.45) is 5.92 Å². The summed E-state index contributed by atoms with van der Waals surface area (Å²) in [6.45, 7) is 2.10. The molecule has 0 aromatic heterocycles. The van der Waals surface area contributed by atoms with E-state index in [4.69, 9.17) is 11.6 Å². The van der Waals surface area contributed by atoms with E-state index in [-0.39, 0.29) is 0 Å². The second-order valence-electron chi connectivity index (χ2n) is 6.45. The fourth-order valence-electron chi connectivity index (χ4n) is 3.76. The van der Waals surface area contributed by atoms with Crippen LogP contribution in [0.3, 0.4) is 0 Å². The maximum atomic E-state index is 10.6. The smallest absolute Gasteiger partial charge is 0.118 e. The number of halogens is 1. The zero-order valence-corrected chi connectivity index (χ0v) is 12.8. The number of hydrogen-bond acceptors (Lipinski definition) is 2. The molecule has 3 rings (SSSR count). The third kappa shape index (κ3) is 3.19. The molecule has 1 aromatic rings. The molecule has 20 heavy (non-hydrogen) atoms. The van der Waals surface area contributed by atoms with E-state index in [1.807, 2.05) is 12.1 Å². The molecule has 0 unspecified atom stereocenters. The van der Waals surface area contributed by atoms with Gasteiger partial charge < -0.3 is 5.11 Å². The Bertz CT molecular complexity index is 431. The molecular formula is C17H24ClNO. The van der Waals surface area contributed by atoms with Gasteiger partial charge in [-0.3, -0.25) is 4.90 Å². The van der Waals surface area contributed by atoms with Crippen LogP contribution in [-0.4, -0.2) is 28.8 Å². The van der Waals surface area contributed by atoms with Crippen molar-refractivity contribution in [1.29, 1.82) is 0 Å². The minimum Gasteiger partial charge on any atom is -0.376 e. The Morgan fingerprint density at radius 2 is 1.70 bits per heavy atom. The molecule has 1 heterocycles. The Hall–Kier alpha value is -0.570. The van der Waals surface area contributed by atoms with E-state index in [0.717, 1.165) is 43.3 Å². The second-order valence-corrected chi connectivity index (χ2v) is 6.89. The molecule has 2 aliphatic rings. The highest BCUT2D eigenvalue weighted by atomic mass is 35.5. The van der Waals surface area contributed by atoms with Crippen LogP contribution in [0.5, 0.6) is 0 Å². The van der Waals surface area contributed by atoms with Crippen molar-refractivity contribution in [2.75, 3.05) is 13.1 Å². The molecule has 1 aliphatic carbocycles. The second kappa shape index (κ2) is 6.05. The molecule has 2 nitrogen and oxygen atoms in total. The first-order valence-corrected chi connectivity index (χ1v) is 8.25. The molecule has 0 radical (unpaired) electrons. The lowest BCUT2D eigenvalue weighted by atomic mass is 9.89. The highest BCUT2D eigenvalue weighted by molar-refractivity contribution is 6.30. The third-order valence-electron chi connectivity index (χ3n) is 5.05. The van der Waals surface area contributed by atoms with Crippen LogP contribution in [0.2, 0.25) is 5.02 Å². The zero-order valence-electron chi connectivity index (χ0n) is 12.0. The van der Waals surface area contributed by atoms with E-state index in [2.05, 4.69) is 17.0 Å². The van der Waals surface area contributed by atoms with Crippen LogP contribution in [0.15, 0.2) is 24.3 Å². The molecule has 1 aromatic carbocycles. The number of rotatable bonds is 3. The van der Waals surface area contributed by atoms with E-state index in [1.165, 1.54) is 31.2 Å². The average Bonchev–Trinajstić information content (AvgIpc) is 2.90. The van der Waals surface area contributed by atoms with Gasteiger partial charge in [-0.05, 0) is 68.6 Å². The van der Waals surface area contributed by atoms with Gasteiger partial charge in [0.15, 0.2) is 0 Å². The van der Waals surface area contributed by atoms with Gasteiger partial charge in [-0.15, -0.1) is 0 Å². The fourth-order valence-corrected chi connectivity index (χ4v) is 3.89. The maximum Gasteiger partial charge on any atom is 0.118 e. The Morgan fingerprint density at radius 1 is 1.10 bits per heavy atom. The Morgan fingerprint density at radius 3 is 2.30 bits per heavy atom. The molecular weight excluding hydrogens is 270 g/mol. The van der Waals surface area contributed by atoms with Gasteiger partial charge in [0.1, 0.15) is 5.72 Å². The van der Waals surface area contributed by atoms with E-state index in [1.54, 1.807) is 0 Å². The number of nitrogens with zero attached hydrogens (tertiary/aromatic N) is 1. The molecule has 1 N–H and O–H groups in total. The lowest BCUT2D eigenvalue weighted by molar-refractivity contribution is -0.115. The fraction of sp³-hybridized carbons (Fsp3) is 0.647. The van der Waals surface area contributed by atoms with Crippen molar-refractivity contribution in [3.63, 3.8) is 0 Å². The van der Waals surface area contributed by atoms with Gasteiger partial charge >= 0.3 is 0 Å². The Balaban J connectivity index is 1.52. The third-order valence-corrected chi connectivity index (χ3v) is 5.30. The van der Waals surface area contributed by atoms with Crippen molar-refractivity contribution in [3.05, 3.63) is 34.9 Å². The van der Waals surface area contributed by atoms with Crippen LogP contribution in [0, 0.1) is 5.92 Å². The van der Waals surface area contributed by atoms with Crippen LogP contribution in [-0.2, 0) is 6.42 Å². The number of aliphatic hydroxyl groups is 1. The predicted molar refractivity (Wildman–Crippen MR) is 82.9 cm³/mol. The molecule has 1 saturated carbocycles. The highest BCUT2D eigenvalue weighted by Gasteiger charge is 2.38. The first-order chi connectivity index (χ1) is 9.66. The molecule has 0 bridgehead atoms. The van der Waals surface area contributed by atoms with Gasteiger partial charge in [0, 0.05) is 18.1 Å². The summed E-state index contributed by atoms with van der Waals surface area (Å²) in [5, 5.41) is 11.4. The number of likely N-dealkylation sites (tertiary alicyclic amines) is 1. The SMILES string of the molecule is OC1(N2CCC(Cc3ccc(Cl)cc3)CC2)CCCC1. The largest absolute Gasteiger partial charge is 0.376 e. The molecule has 0 spiro atoms. The minimum absolute atomic E-state index is 0.481. The van der Waals surface area contributed by atoms with E-state index in [0.29, 0.717) is 0 Å². The summed E-state index contributed by atoms with van der Waals surface area (Å²) in [5.74, 6) is 0.748. The number of piperidine rings is 1. The average molecular weight is 294 g/mol. The van der Waals surface area contributed by atoms with Crippen LogP contribution in [0.25, 0.3) is 0 Å². The van der Waals surface area contributed by atoms with Crippen LogP contribution in [0.4, 0.5) is 0 Å². The van der Waals surface area contributed by atoms with Gasteiger partial charge in [-0.2, -0.15) is 0 Å². The van der Waals surface area contributed by atoms with Crippen LogP contribution < -0.4 is 0 Å². The zero-order chi connectivity index (χ0) is 14.0. The van der Waals surface area contributed by atoms with Crippen molar-refractivity contribution < 1.29 is 5.11 Å². The summed E-state index contributed by atoms with van der Waals surface area (Å²) >= 11 is 5.93. The predicted octanol–water partition coefficient (Wildman–Crippen LogP) is 3.86. The summed E-state index contributed by atoms with van der Waals surface area (Å²) in [6.07, 6.45) is 7.84. The highest BCUT2D eigenvalue weighted by Crippen LogP contribution is 2.35. The normalized spacial score (nSPS) is 24.1. The van der Waals surface area contributed by atoms with Crippen molar-refractivity contribution in [3.8, 4) is 0 Å². The topological polar surface area (TPSA) is 23.5 Å². The van der Waals surface area contributed by atoms with Crippen LogP contribution >= 0.6 is 11.6 Å². The summed E-state index contributed by atoms with van der Waals surface area (Å²) in [7, 11) is 0. The van der Waals surface area contributed by atoms with Gasteiger partial charge in [0.2, 0.25) is 0 Å². The summed E-state index contributed by atoms with van der Waals surface area (Å²) in [5.41, 5.74) is 0.901. The number of benzene rings is 1. The molecule has 110 valence electrons. The lowest BCUT2D eigenvalue weighted by Crippen LogP contribution is -2.50. The molecule has 3 heteroatoms. The van der Waals surface area contributed by atoms with Gasteiger partial charge in [0.05, 0.1) is 0 Å². The van der Waals surface area contributed by atoms with E-state index >= 15 is 0 Å². The molecule has 1 aliphatic heterocycles. The maximum absolute atomic E-state index is 10.6. The first kappa shape index (κ1) is 14.4. The summed E-state index contributed by atoms with van der Waals surface area (Å²) < 4.78 is 0. The number of hydrogen-bond donors (Lipinski definition) is 1. The Kier molecular flexibility index (Phi) is 4.34. The van der Waals surface area contributed by atoms with E-state index < -0.39 is 5.72 Å². The quantitative estimate of drug-likeness (QED) is 0.915. The van der Waals surface area contributed by atoms with Crippen molar-refractivity contribution in [2.45, 2.75) is 50.7 Å². The monoisotopic (exact) mass is 293 g/mol. The molecule has 0 atom stereocenters. The standard InChI is InChI=1S/C17H24ClNO/c18-16-5-3-14(4-6-16)13-15-7-11-19(12-8-15)17(20)9-1-2-10-17/h3-6,15,20H,1-2,7-13H2. The van der Waals surface area contributed by atoms with Crippen molar-refractivity contribution in [1.82, 2.24) is 4.90 Å². The van der Waals surface area contributed by atoms with Crippen LogP contribution in [0.1, 0.15) is 44.1 Å². The Labute approximate surface area is 126 Å². The van der Waals surface area contributed by atoms with Crippen molar-refractivity contribution >= 4 is 11.6 Å². The lowest BCUT2D eigenvalue weighted by Gasteiger charge is -2.41. The van der Waals surface area contributed by atoms with Gasteiger partial charge in [-0.25, -0.2) is 0 Å². The molecule has 2 fully saturated rings. The molecule has 1 saturated heterocycles.